The Morgan fingerprint density at radius 2 is 2.11 bits per heavy atom. The lowest BCUT2D eigenvalue weighted by Crippen LogP contribution is -2.43. The Bertz CT molecular complexity index is 392. The standard InChI is InChI=1S/C16H25NOS/c1-13-4-3-9-16(18,10-13)12-17-11-14-5-7-15(19-2)8-6-14/h5-8,13,17-18H,3-4,9-12H2,1-2H3. The van der Waals surface area contributed by atoms with Gasteiger partial charge in [-0.05, 0) is 42.7 Å². The molecule has 0 spiro atoms. The molecule has 1 aliphatic carbocycles. The second-order valence-corrected chi connectivity index (χ2v) is 6.76. The van der Waals surface area contributed by atoms with Crippen LogP contribution in [-0.2, 0) is 6.54 Å². The number of aliphatic hydroxyl groups is 1. The molecule has 2 N–H and O–H groups in total. The first-order valence-electron chi connectivity index (χ1n) is 7.17. The van der Waals surface area contributed by atoms with Crippen LogP contribution in [0.4, 0.5) is 0 Å². The number of nitrogens with one attached hydrogen (secondary N) is 1. The van der Waals surface area contributed by atoms with Crippen LogP contribution in [0.15, 0.2) is 29.2 Å². The van der Waals surface area contributed by atoms with Crippen LogP contribution in [0.2, 0.25) is 0 Å². The monoisotopic (exact) mass is 279 g/mol. The summed E-state index contributed by atoms with van der Waals surface area (Å²) in [6, 6.07) is 8.62. The van der Waals surface area contributed by atoms with Crippen molar-refractivity contribution >= 4 is 11.8 Å². The van der Waals surface area contributed by atoms with E-state index in [0.29, 0.717) is 12.5 Å². The van der Waals surface area contributed by atoms with E-state index < -0.39 is 5.60 Å². The van der Waals surface area contributed by atoms with Gasteiger partial charge in [0.1, 0.15) is 0 Å². The molecule has 0 radical (unpaired) electrons. The second-order valence-electron chi connectivity index (χ2n) is 5.88. The van der Waals surface area contributed by atoms with Crippen LogP contribution in [0.3, 0.4) is 0 Å². The topological polar surface area (TPSA) is 32.3 Å². The molecule has 0 amide bonds. The van der Waals surface area contributed by atoms with E-state index in [-0.39, 0.29) is 0 Å². The fourth-order valence-corrected chi connectivity index (χ4v) is 3.38. The zero-order valence-corrected chi connectivity index (χ0v) is 12.8. The van der Waals surface area contributed by atoms with Crippen molar-refractivity contribution in [2.45, 2.75) is 49.6 Å². The Labute approximate surface area is 121 Å². The van der Waals surface area contributed by atoms with Crippen molar-refractivity contribution in [3.8, 4) is 0 Å². The molecule has 2 unspecified atom stereocenters. The lowest BCUT2D eigenvalue weighted by atomic mass is 9.79. The van der Waals surface area contributed by atoms with Gasteiger partial charge in [0.2, 0.25) is 0 Å². The van der Waals surface area contributed by atoms with Crippen LogP contribution in [0.1, 0.15) is 38.2 Å². The molecular weight excluding hydrogens is 254 g/mol. The van der Waals surface area contributed by atoms with Gasteiger partial charge in [0, 0.05) is 18.0 Å². The molecule has 2 atom stereocenters. The van der Waals surface area contributed by atoms with Crippen LogP contribution in [0, 0.1) is 5.92 Å². The molecule has 1 aliphatic rings. The van der Waals surface area contributed by atoms with E-state index in [1.165, 1.54) is 16.9 Å². The minimum Gasteiger partial charge on any atom is -0.389 e. The SMILES string of the molecule is CSc1ccc(CNCC2(O)CCCC(C)C2)cc1. The first-order valence-corrected chi connectivity index (χ1v) is 8.40. The Morgan fingerprint density at radius 3 is 2.74 bits per heavy atom. The average molecular weight is 279 g/mol. The van der Waals surface area contributed by atoms with Gasteiger partial charge in [0.05, 0.1) is 5.60 Å². The molecule has 106 valence electrons. The van der Waals surface area contributed by atoms with Crippen LogP contribution < -0.4 is 5.32 Å². The van der Waals surface area contributed by atoms with Crippen LogP contribution in [-0.4, -0.2) is 23.5 Å². The zero-order valence-electron chi connectivity index (χ0n) is 12.0. The number of thioether (sulfide) groups is 1. The summed E-state index contributed by atoms with van der Waals surface area (Å²) in [7, 11) is 0. The van der Waals surface area contributed by atoms with Crippen molar-refractivity contribution in [2.24, 2.45) is 5.92 Å². The van der Waals surface area contributed by atoms with E-state index in [1.54, 1.807) is 11.8 Å². The lowest BCUT2D eigenvalue weighted by molar-refractivity contribution is -0.0119. The summed E-state index contributed by atoms with van der Waals surface area (Å²) < 4.78 is 0. The van der Waals surface area contributed by atoms with E-state index in [9.17, 15) is 5.11 Å². The Morgan fingerprint density at radius 1 is 1.37 bits per heavy atom. The first-order chi connectivity index (χ1) is 9.11. The third kappa shape index (κ3) is 4.51. The summed E-state index contributed by atoms with van der Waals surface area (Å²) in [5.41, 5.74) is 0.793. The van der Waals surface area contributed by atoms with E-state index in [1.807, 2.05) is 0 Å². The third-order valence-electron chi connectivity index (χ3n) is 4.01. The van der Waals surface area contributed by atoms with Crippen molar-refractivity contribution in [3.63, 3.8) is 0 Å². The maximum Gasteiger partial charge on any atom is 0.0774 e. The van der Waals surface area contributed by atoms with Gasteiger partial charge in [0.25, 0.3) is 0 Å². The quantitative estimate of drug-likeness (QED) is 0.810. The average Bonchev–Trinajstić information content (AvgIpc) is 2.39. The Kier molecular flexibility index (Phi) is 5.31. The highest BCUT2D eigenvalue weighted by Crippen LogP contribution is 2.31. The highest BCUT2D eigenvalue weighted by molar-refractivity contribution is 7.98. The van der Waals surface area contributed by atoms with Crippen molar-refractivity contribution in [1.82, 2.24) is 5.32 Å². The molecular formula is C16H25NOS. The maximum atomic E-state index is 10.5. The molecule has 0 aliphatic heterocycles. The Hall–Kier alpha value is -0.510. The molecule has 0 heterocycles. The van der Waals surface area contributed by atoms with Gasteiger partial charge >= 0.3 is 0 Å². The molecule has 1 aromatic carbocycles. The van der Waals surface area contributed by atoms with E-state index >= 15 is 0 Å². The summed E-state index contributed by atoms with van der Waals surface area (Å²) in [5, 5.41) is 13.9. The zero-order chi connectivity index (χ0) is 13.7. The number of hydrogen-bond donors (Lipinski definition) is 2. The smallest absolute Gasteiger partial charge is 0.0774 e. The van der Waals surface area contributed by atoms with Crippen molar-refractivity contribution in [1.29, 1.82) is 0 Å². The highest BCUT2D eigenvalue weighted by Gasteiger charge is 2.31. The van der Waals surface area contributed by atoms with Gasteiger partial charge in [0.15, 0.2) is 0 Å². The van der Waals surface area contributed by atoms with Gasteiger partial charge in [-0.1, -0.05) is 31.9 Å². The normalized spacial score (nSPS) is 27.4. The highest BCUT2D eigenvalue weighted by atomic mass is 32.2. The number of rotatable bonds is 5. The second kappa shape index (κ2) is 6.78. The third-order valence-corrected chi connectivity index (χ3v) is 4.75. The van der Waals surface area contributed by atoms with Crippen molar-refractivity contribution in [3.05, 3.63) is 29.8 Å². The van der Waals surface area contributed by atoms with Gasteiger partial charge < -0.3 is 10.4 Å². The fraction of sp³-hybridized carbons (Fsp3) is 0.625. The molecule has 2 rings (SSSR count). The minimum atomic E-state index is -0.489. The summed E-state index contributed by atoms with van der Waals surface area (Å²) in [5.74, 6) is 0.654. The van der Waals surface area contributed by atoms with Crippen LogP contribution in [0.5, 0.6) is 0 Å². The van der Waals surface area contributed by atoms with Gasteiger partial charge in [-0.25, -0.2) is 0 Å². The minimum absolute atomic E-state index is 0.489. The fourth-order valence-electron chi connectivity index (χ4n) is 2.98. The van der Waals surface area contributed by atoms with Gasteiger partial charge in [-0.2, -0.15) is 0 Å². The van der Waals surface area contributed by atoms with Gasteiger partial charge in [-0.3, -0.25) is 0 Å². The van der Waals surface area contributed by atoms with Crippen LogP contribution in [0.25, 0.3) is 0 Å². The number of hydrogen-bond acceptors (Lipinski definition) is 3. The van der Waals surface area contributed by atoms with E-state index in [0.717, 1.165) is 25.8 Å². The molecule has 3 heteroatoms. The van der Waals surface area contributed by atoms with Crippen LogP contribution >= 0.6 is 11.8 Å². The van der Waals surface area contributed by atoms with Gasteiger partial charge in [-0.15, -0.1) is 11.8 Å². The predicted molar refractivity (Wildman–Crippen MR) is 82.5 cm³/mol. The molecule has 0 bridgehead atoms. The summed E-state index contributed by atoms with van der Waals surface area (Å²) in [6.45, 7) is 3.79. The van der Waals surface area contributed by atoms with E-state index in [4.69, 9.17) is 0 Å². The van der Waals surface area contributed by atoms with Crippen molar-refractivity contribution in [2.75, 3.05) is 12.8 Å². The summed E-state index contributed by atoms with van der Waals surface area (Å²) in [6.07, 6.45) is 6.38. The molecule has 0 saturated heterocycles. The Balaban J connectivity index is 1.79. The summed E-state index contributed by atoms with van der Waals surface area (Å²) >= 11 is 1.76. The van der Waals surface area contributed by atoms with Crippen molar-refractivity contribution < 1.29 is 5.11 Å². The molecule has 0 aromatic heterocycles. The maximum absolute atomic E-state index is 10.5. The molecule has 19 heavy (non-hydrogen) atoms. The lowest BCUT2D eigenvalue weighted by Gasteiger charge is -2.35. The predicted octanol–water partition coefficient (Wildman–Crippen LogP) is 3.44. The van der Waals surface area contributed by atoms with E-state index in [2.05, 4.69) is 42.8 Å². The molecule has 1 fully saturated rings. The molecule has 1 saturated carbocycles. The first kappa shape index (κ1) is 14.9. The molecule has 1 aromatic rings. The largest absolute Gasteiger partial charge is 0.389 e. The summed E-state index contributed by atoms with van der Waals surface area (Å²) in [4.78, 5) is 1.29. The number of benzene rings is 1. The molecule has 2 nitrogen and oxygen atoms in total.